The predicted octanol–water partition coefficient (Wildman–Crippen LogP) is 1.54. The summed E-state index contributed by atoms with van der Waals surface area (Å²) in [7, 11) is -3.27. The number of hydrogen-bond acceptors (Lipinski definition) is 7. The molecule has 0 bridgehead atoms. The van der Waals surface area contributed by atoms with E-state index in [1.165, 1.54) is 5.56 Å². The molecule has 0 aliphatic carbocycles. The van der Waals surface area contributed by atoms with Gasteiger partial charge in [0.25, 0.3) is 0 Å². The van der Waals surface area contributed by atoms with Crippen LogP contribution in [0.4, 0.5) is 0 Å². The molecule has 168 valence electrons. The second-order valence-electron chi connectivity index (χ2n) is 6.92. The van der Waals surface area contributed by atoms with Gasteiger partial charge in [-0.05, 0) is 67.8 Å². The molecule has 0 saturated heterocycles. The molecule has 4 rings (SSSR count). The van der Waals surface area contributed by atoms with E-state index in [0.717, 1.165) is 29.3 Å². The van der Waals surface area contributed by atoms with Crippen molar-refractivity contribution in [1.82, 2.24) is 0 Å². The first-order valence-electron chi connectivity index (χ1n) is 9.46. The van der Waals surface area contributed by atoms with Crippen LogP contribution >= 0.6 is 0 Å². The van der Waals surface area contributed by atoms with E-state index < -0.39 is 10.2 Å². The topological polar surface area (TPSA) is 139 Å². The minimum atomic E-state index is -4.94. The molecule has 8 nitrogen and oxygen atoms in total. The Labute approximate surface area is 186 Å². The maximum Gasteiger partial charge on any atom is 0.396 e. The molecule has 3 aromatic heterocycles. The first-order chi connectivity index (χ1) is 15.1. The lowest BCUT2D eigenvalue weighted by Crippen LogP contribution is -2.68. The molecule has 0 amide bonds. The van der Waals surface area contributed by atoms with Crippen molar-refractivity contribution in [3.05, 3.63) is 83.3 Å². The molecule has 0 saturated carbocycles. The van der Waals surface area contributed by atoms with Crippen molar-refractivity contribution in [3.63, 3.8) is 0 Å². The third-order valence-electron chi connectivity index (χ3n) is 4.39. The molecule has 9 heteroatoms. The minimum Gasteiger partial charge on any atom is -0.497 e. The van der Waals surface area contributed by atoms with Gasteiger partial charge in [0, 0.05) is 0 Å². The highest BCUT2D eigenvalue weighted by Crippen LogP contribution is 2.31. The maximum atomic E-state index is 8.49. The lowest BCUT2D eigenvalue weighted by atomic mass is 10.0. The van der Waals surface area contributed by atoms with E-state index >= 15 is 0 Å². The molecule has 0 aliphatic heterocycles. The number of methoxy groups -OCH3 is 1. The monoisotopic (exact) mass is 460 g/mol. The van der Waals surface area contributed by atoms with Crippen molar-refractivity contribution in [3.8, 4) is 28.8 Å². The summed E-state index contributed by atoms with van der Waals surface area (Å²) in [6.45, 7) is 3.84. The van der Waals surface area contributed by atoms with Crippen LogP contribution in [0.1, 0.15) is 22.6 Å². The molecule has 0 fully saturated rings. The van der Waals surface area contributed by atoms with E-state index in [-0.39, 0.29) is 0 Å². The Kier molecular flexibility index (Phi) is 7.34. The van der Waals surface area contributed by atoms with Crippen LogP contribution < -0.4 is 23.4 Å². The number of hydrogen-bond donors (Lipinski definition) is 0. The van der Waals surface area contributed by atoms with Crippen molar-refractivity contribution in [2.24, 2.45) is 0 Å². The second kappa shape index (κ2) is 9.99. The van der Waals surface area contributed by atoms with Crippen LogP contribution in [0, 0.1) is 24.1 Å². The van der Waals surface area contributed by atoms with Crippen LogP contribution in [0.2, 0.25) is 0 Å². The molecule has 0 spiro atoms. The SMILES string of the molecule is COc1ccc(Cc2cc(-c3ccc(C)o3)[o+]c(-c3ccc(C)o3)c2)cc1.[O-][Cl+3]([O-])([O-])[O-]. The van der Waals surface area contributed by atoms with Gasteiger partial charge in [-0.2, -0.15) is 4.42 Å². The Morgan fingerprint density at radius 2 is 1.22 bits per heavy atom. The summed E-state index contributed by atoms with van der Waals surface area (Å²) in [4.78, 5) is 0. The van der Waals surface area contributed by atoms with Crippen LogP contribution in [0.15, 0.2) is 73.9 Å². The zero-order valence-electron chi connectivity index (χ0n) is 17.6. The first-order valence-corrected chi connectivity index (χ1v) is 10.7. The van der Waals surface area contributed by atoms with Gasteiger partial charge in [0.2, 0.25) is 11.5 Å². The quantitative estimate of drug-likeness (QED) is 0.408. The van der Waals surface area contributed by atoms with Crippen molar-refractivity contribution in [2.45, 2.75) is 20.3 Å². The molecular formula is C23H21ClO8. The highest BCUT2D eigenvalue weighted by molar-refractivity contribution is 5.58. The molecule has 0 radical (unpaired) electrons. The fourth-order valence-corrected chi connectivity index (χ4v) is 3.01. The van der Waals surface area contributed by atoms with E-state index in [1.807, 2.05) is 62.4 Å². The third kappa shape index (κ3) is 6.94. The van der Waals surface area contributed by atoms with Gasteiger partial charge in [-0.1, -0.05) is 12.1 Å². The van der Waals surface area contributed by atoms with E-state index in [1.54, 1.807) is 7.11 Å². The Bertz CT molecular complexity index is 1090. The van der Waals surface area contributed by atoms with Gasteiger partial charge >= 0.3 is 11.5 Å². The van der Waals surface area contributed by atoms with Gasteiger partial charge in [-0.25, -0.2) is 18.6 Å². The highest BCUT2D eigenvalue weighted by Gasteiger charge is 2.24. The number of ether oxygens (including phenoxy) is 1. The number of halogens is 1. The summed E-state index contributed by atoms with van der Waals surface area (Å²) < 4.78 is 56.8. The van der Waals surface area contributed by atoms with E-state index in [2.05, 4.69) is 12.1 Å². The number of benzene rings is 1. The fourth-order valence-electron chi connectivity index (χ4n) is 3.01. The molecule has 4 aromatic rings. The second-order valence-corrected chi connectivity index (χ2v) is 7.67. The van der Waals surface area contributed by atoms with E-state index in [0.29, 0.717) is 23.0 Å². The van der Waals surface area contributed by atoms with Crippen LogP contribution in [0.3, 0.4) is 0 Å². The predicted molar refractivity (Wildman–Crippen MR) is 104 cm³/mol. The van der Waals surface area contributed by atoms with Crippen LogP contribution in [0.5, 0.6) is 5.75 Å². The largest absolute Gasteiger partial charge is 0.497 e. The summed E-state index contributed by atoms with van der Waals surface area (Å²) in [5.41, 5.74) is 2.30. The average Bonchev–Trinajstić information content (AvgIpc) is 3.35. The molecular weight excluding hydrogens is 440 g/mol. The molecule has 0 atom stereocenters. The summed E-state index contributed by atoms with van der Waals surface area (Å²) in [5.74, 6) is 5.30. The van der Waals surface area contributed by atoms with E-state index in [9.17, 15) is 0 Å². The van der Waals surface area contributed by atoms with Crippen molar-refractivity contribution >= 4 is 0 Å². The fraction of sp³-hybridized carbons (Fsp3) is 0.174. The normalized spacial score (nSPS) is 11.1. The summed E-state index contributed by atoms with van der Waals surface area (Å²) in [6, 6.07) is 19.8. The zero-order chi connectivity index (χ0) is 23.3. The molecule has 0 aliphatic rings. The number of furan rings is 2. The third-order valence-corrected chi connectivity index (χ3v) is 4.39. The van der Waals surface area contributed by atoms with Crippen molar-refractivity contribution in [2.75, 3.05) is 7.11 Å². The molecule has 3 heterocycles. The van der Waals surface area contributed by atoms with Gasteiger partial charge < -0.3 is 13.6 Å². The lowest BCUT2D eigenvalue weighted by molar-refractivity contribution is -2.00. The summed E-state index contributed by atoms with van der Waals surface area (Å²) in [6.07, 6.45) is 0.764. The number of aryl methyl sites for hydroxylation is 2. The van der Waals surface area contributed by atoms with Crippen LogP contribution in [-0.4, -0.2) is 7.11 Å². The molecule has 0 N–H and O–H groups in total. The van der Waals surface area contributed by atoms with Crippen molar-refractivity contribution in [1.29, 1.82) is 0 Å². The molecule has 0 unspecified atom stereocenters. The van der Waals surface area contributed by atoms with Crippen LogP contribution in [-0.2, 0) is 6.42 Å². The lowest BCUT2D eigenvalue weighted by Gasteiger charge is -2.17. The Morgan fingerprint density at radius 3 is 1.59 bits per heavy atom. The number of rotatable bonds is 5. The summed E-state index contributed by atoms with van der Waals surface area (Å²) >= 11 is 0. The van der Waals surface area contributed by atoms with Gasteiger partial charge in [0.05, 0.1) is 19.2 Å². The Hall–Kier alpha value is -3.14. The minimum absolute atomic E-state index is 0.679. The van der Waals surface area contributed by atoms with E-state index in [4.69, 9.17) is 36.6 Å². The average molecular weight is 461 g/mol. The van der Waals surface area contributed by atoms with Crippen LogP contribution in [0.25, 0.3) is 23.0 Å². The Balaban J connectivity index is 0.000000523. The molecule has 32 heavy (non-hydrogen) atoms. The van der Waals surface area contributed by atoms with Gasteiger partial charge in [-0.15, -0.1) is 10.2 Å². The zero-order valence-corrected chi connectivity index (χ0v) is 18.4. The van der Waals surface area contributed by atoms with Gasteiger partial charge in [0.1, 0.15) is 17.3 Å². The smallest absolute Gasteiger partial charge is 0.396 e. The highest BCUT2D eigenvalue weighted by atomic mass is 35.7. The van der Waals surface area contributed by atoms with Crippen molar-refractivity contribution < 1.29 is 46.9 Å². The molecule has 1 aromatic carbocycles. The summed E-state index contributed by atoms with van der Waals surface area (Å²) in [5, 5.41) is 0. The van der Waals surface area contributed by atoms with Gasteiger partial charge in [-0.3, -0.25) is 0 Å². The standard InChI is InChI=1S/C23H21O4.ClHO4/c1-15-4-10-20(25-15)22-13-18(12-17-6-8-19(24-3)9-7-17)14-23(27-22)21-11-5-16(2)26-21;2-1(3,4)5/h4-11,13-14H,12H2,1-3H3;(H,2,3,4,5)/q+1;/p-1. The van der Waals surface area contributed by atoms with Gasteiger partial charge in [0.15, 0.2) is 0 Å². The Morgan fingerprint density at radius 1 is 0.750 bits per heavy atom. The first kappa shape index (κ1) is 23.5. The maximum absolute atomic E-state index is 8.49.